The van der Waals surface area contributed by atoms with Gasteiger partial charge in [-0.25, -0.2) is 0 Å². The van der Waals surface area contributed by atoms with Crippen molar-refractivity contribution >= 4 is 23.2 Å². The summed E-state index contributed by atoms with van der Waals surface area (Å²) in [6.07, 6.45) is 0. The van der Waals surface area contributed by atoms with Crippen LogP contribution in [0.15, 0.2) is 48.5 Å². The summed E-state index contributed by atoms with van der Waals surface area (Å²) in [7, 11) is 1.66. The Morgan fingerprint density at radius 2 is 1.66 bits per heavy atom. The second kappa shape index (κ2) is 8.55. The van der Waals surface area contributed by atoms with Crippen molar-refractivity contribution in [1.29, 1.82) is 0 Å². The smallest absolute Gasteiger partial charge is 0.254 e. The summed E-state index contributed by atoms with van der Waals surface area (Å²) in [5.41, 5.74) is 1.84. The molecule has 0 spiro atoms. The Bertz CT molecular complexity index is 881. The third-order valence-corrected chi connectivity index (χ3v) is 5.03. The van der Waals surface area contributed by atoms with Crippen molar-refractivity contribution in [2.24, 2.45) is 5.41 Å². The Morgan fingerprint density at radius 3 is 2.31 bits per heavy atom. The largest absolute Gasteiger partial charge is 0.497 e. The van der Waals surface area contributed by atoms with Crippen LogP contribution in [0.2, 0.25) is 0 Å². The van der Waals surface area contributed by atoms with E-state index in [4.69, 9.17) is 4.74 Å². The molecule has 6 nitrogen and oxygen atoms in total. The van der Waals surface area contributed by atoms with Crippen LogP contribution in [-0.2, 0) is 4.79 Å². The zero-order chi connectivity index (χ0) is 21.0. The van der Waals surface area contributed by atoms with Crippen molar-refractivity contribution < 1.29 is 14.3 Å². The summed E-state index contributed by atoms with van der Waals surface area (Å²) in [4.78, 5) is 29.3. The van der Waals surface area contributed by atoms with Gasteiger partial charge in [-0.15, -0.1) is 0 Å². The van der Waals surface area contributed by atoms with Crippen LogP contribution in [0.1, 0.15) is 31.1 Å². The van der Waals surface area contributed by atoms with E-state index in [0.717, 1.165) is 24.5 Å². The van der Waals surface area contributed by atoms with Gasteiger partial charge in [-0.2, -0.15) is 0 Å². The second-order valence-corrected chi connectivity index (χ2v) is 8.27. The molecule has 29 heavy (non-hydrogen) atoms. The van der Waals surface area contributed by atoms with Gasteiger partial charge >= 0.3 is 0 Å². The molecule has 1 aliphatic rings. The van der Waals surface area contributed by atoms with E-state index in [1.54, 1.807) is 31.4 Å². The normalized spacial score (nSPS) is 14.5. The van der Waals surface area contributed by atoms with E-state index < -0.39 is 5.41 Å². The number of nitrogens with one attached hydrogen (secondary N) is 1. The Morgan fingerprint density at radius 1 is 0.966 bits per heavy atom. The van der Waals surface area contributed by atoms with Crippen LogP contribution < -0.4 is 15.0 Å². The number of methoxy groups -OCH3 is 1. The summed E-state index contributed by atoms with van der Waals surface area (Å²) in [5, 5.41) is 2.89. The molecule has 1 saturated heterocycles. The van der Waals surface area contributed by atoms with Crippen molar-refractivity contribution in [3.63, 3.8) is 0 Å². The molecule has 0 aliphatic carbocycles. The zero-order valence-corrected chi connectivity index (χ0v) is 17.6. The molecule has 1 N–H and O–H groups in total. The fourth-order valence-electron chi connectivity index (χ4n) is 3.21. The lowest BCUT2D eigenvalue weighted by atomic mass is 9.95. The molecule has 0 saturated carbocycles. The Hall–Kier alpha value is -3.02. The second-order valence-electron chi connectivity index (χ2n) is 8.27. The first-order valence-electron chi connectivity index (χ1n) is 9.88. The first-order valence-corrected chi connectivity index (χ1v) is 9.88. The van der Waals surface area contributed by atoms with Crippen LogP contribution in [0.3, 0.4) is 0 Å². The number of nitrogens with zero attached hydrogens (tertiary/aromatic N) is 2. The Labute approximate surface area is 172 Å². The summed E-state index contributed by atoms with van der Waals surface area (Å²) < 4.78 is 5.30. The van der Waals surface area contributed by atoms with Gasteiger partial charge in [-0.05, 0) is 30.3 Å². The number of rotatable bonds is 4. The summed E-state index contributed by atoms with van der Waals surface area (Å²) in [6.45, 7) is 8.40. The SMILES string of the molecule is COc1cccc(N2CCN(C(=O)c3cccc(NC(=O)C(C)(C)C)c3)CC2)c1. The van der Waals surface area contributed by atoms with Gasteiger partial charge in [0.15, 0.2) is 0 Å². The molecule has 2 amide bonds. The first kappa shape index (κ1) is 20.7. The van der Waals surface area contributed by atoms with Gasteiger partial charge in [0.05, 0.1) is 7.11 Å². The molecular weight excluding hydrogens is 366 g/mol. The average Bonchev–Trinajstić information content (AvgIpc) is 2.73. The highest BCUT2D eigenvalue weighted by Crippen LogP contribution is 2.23. The van der Waals surface area contributed by atoms with Crippen LogP contribution in [0, 0.1) is 5.41 Å². The van der Waals surface area contributed by atoms with Crippen LogP contribution in [0.5, 0.6) is 5.75 Å². The highest BCUT2D eigenvalue weighted by Gasteiger charge is 2.24. The van der Waals surface area contributed by atoms with Crippen molar-refractivity contribution in [2.45, 2.75) is 20.8 Å². The van der Waals surface area contributed by atoms with Gasteiger partial charge in [-0.1, -0.05) is 32.9 Å². The fourth-order valence-corrected chi connectivity index (χ4v) is 3.21. The van der Waals surface area contributed by atoms with Crippen molar-refractivity contribution in [3.05, 3.63) is 54.1 Å². The number of ether oxygens (including phenoxy) is 1. The first-order chi connectivity index (χ1) is 13.8. The number of piperazine rings is 1. The molecule has 0 atom stereocenters. The van der Waals surface area contributed by atoms with Gasteiger partial charge in [0, 0.05) is 54.6 Å². The summed E-state index contributed by atoms with van der Waals surface area (Å²) >= 11 is 0. The standard InChI is InChI=1S/C23H29N3O3/c1-23(2,3)22(28)24-18-8-5-7-17(15-18)21(27)26-13-11-25(12-14-26)19-9-6-10-20(16-19)29-4/h5-10,15-16H,11-14H2,1-4H3,(H,24,28). The number of carbonyl (C=O) groups excluding carboxylic acids is 2. The minimum atomic E-state index is -0.490. The molecule has 1 aliphatic heterocycles. The molecule has 0 unspecified atom stereocenters. The van der Waals surface area contributed by atoms with E-state index in [1.807, 2.05) is 43.9 Å². The molecular formula is C23H29N3O3. The quantitative estimate of drug-likeness (QED) is 0.859. The van der Waals surface area contributed by atoms with Crippen molar-refractivity contribution in [2.75, 3.05) is 43.5 Å². The van der Waals surface area contributed by atoms with E-state index in [9.17, 15) is 9.59 Å². The van der Waals surface area contributed by atoms with Crippen LogP contribution in [-0.4, -0.2) is 50.0 Å². The fraction of sp³-hybridized carbons (Fsp3) is 0.391. The van der Waals surface area contributed by atoms with Gasteiger partial charge in [0.2, 0.25) is 5.91 Å². The van der Waals surface area contributed by atoms with E-state index >= 15 is 0 Å². The lowest BCUT2D eigenvalue weighted by Crippen LogP contribution is -2.48. The molecule has 3 rings (SSSR count). The van der Waals surface area contributed by atoms with Crippen LogP contribution >= 0.6 is 0 Å². The monoisotopic (exact) mass is 395 g/mol. The molecule has 0 radical (unpaired) electrons. The minimum Gasteiger partial charge on any atom is -0.497 e. The molecule has 0 aromatic heterocycles. The van der Waals surface area contributed by atoms with Gasteiger partial charge in [-0.3, -0.25) is 9.59 Å². The van der Waals surface area contributed by atoms with E-state index in [0.29, 0.717) is 24.3 Å². The molecule has 1 fully saturated rings. The number of amides is 2. The maximum absolute atomic E-state index is 13.0. The summed E-state index contributed by atoms with van der Waals surface area (Å²) in [6, 6.07) is 15.1. The van der Waals surface area contributed by atoms with Gasteiger partial charge < -0.3 is 19.9 Å². The van der Waals surface area contributed by atoms with E-state index in [2.05, 4.69) is 16.3 Å². The number of anilines is 2. The Balaban J connectivity index is 1.63. The number of hydrogen-bond acceptors (Lipinski definition) is 4. The van der Waals surface area contributed by atoms with Gasteiger partial charge in [0.1, 0.15) is 5.75 Å². The predicted molar refractivity (Wildman–Crippen MR) is 116 cm³/mol. The maximum atomic E-state index is 13.0. The molecule has 1 heterocycles. The minimum absolute atomic E-state index is 0.0119. The molecule has 6 heteroatoms. The third kappa shape index (κ3) is 5.08. The third-order valence-electron chi connectivity index (χ3n) is 5.03. The van der Waals surface area contributed by atoms with Crippen molar-refractivity contribution in [3.8, 4) is 5.75 Å². The maximum Gasteiger partial charge on any atom is 0.254 e. The Kier molecular flexibility index (Phi) is 6.11. The van der Waals surface area contributed by atoms with E-state index in [1.165, 1.54) is 0 Å². The average molecular weight is 396 g/mol. The molecule has 0 bridgehead atoms. The number of carbonyl (C=O) groups is 2. The van der Waals surface area contributed by atoms with Crippen LogP contribution in [0.4, 0.5) is 11.4 Å². The van der Waals surface area contributed by atoms with E-state index in [-0.39, 0.29) is 11.8 Å². The topological polar surface area (TPSA) is 61.9 Å². The lowest BCUT2D eigenvalue weighted by molar-refractivity contribution is -0.123. The van der Waals surface area contributed by atoms with Crippen molar-refractivity contribution in [1.82, 2.24) is 4.90 Å². The van der Waals surface area contributed by atoms with Gasteiger partial charge in [0.25, 0.3) is 5.91 Å². The highest BCUT2D eigenvalue weighted by atomic mass is 16.5. The summed E-state index contributed by atoms with van der Waals surface area (Å²) in [5.74, 6) is 0.742. The lowest BCUT2D eigenvalue weighted by Gasteiger charge is -2.36. The number of benzene rings is 2. The van der Waals surface area contributed by atoms with Crippen LogP contribution in [0.25, 0.3) is 0 Å². The molecule has 2 aromatic rings. The number of hydrogen-bond donors (Lipinski definition) is 1. The molecule has 154 valence electrons. The predicted octanol–water partition coefficient (Wildman–Crippen LogP) is 3.64. The zero-order valence-electron chi connectivity index (χ0n) is 17.6. The highest BCUT2D eigenvalue weighted by molar-refractivity contribution is 5.98. The molecule has 2 aromatic carbocycles.